The largest absolute Gasteiger partial charge is 0.573 e. The molecule has 5 atom stereocenters. The van der Waals surface area contributed by atoms with Crippen LogP contribution >= 0.6 is 0 Å². The summed E-state index contributed by atoms with van der Waals surface area (Å²) in [5.41, 5.74) is 0.735. The van der Waals surface area contributed by atoms with E-state index in [4.69, 9.17) is 9.47 Å². The molecule has 2 aromatic carbocycles. The molecule has 0 bridgehead atoms. The topological polar surface area (TPSA) is 126 Å². The summed E-state index contributed by atoms with van der Waals surface area (Å²) in [5, 5.41) is 39.7. The van der Waals surface area contributed by atoms with Crippen molar-refractivity contribution in [1.82, 2.24) is 0 Å². The number of benzene rings is 2. The number of Topliss-reactive ketones (excluding diaryl/α,β-unsaturated/α-hetero) is 1. The first-order valence-corrected chi connectivity index (χ1v) is 10.5. The summed E-state index contributed by atoms with van der Waals surface area (Å²) in [6.07, 6.45) is -13.9. The van der Waals surface area contributed by atoms with E-state index in [-0.39, 0.29) is 24.2 Å². The first-order valence-electron chi connectivity index (χ1n) is 10.5. The number of alkyl halides is 4. The summed E-state index contributed by atoms with van der Waals surface area (Å²) < 4.78 is 65.4. The number of aryl methyl sites for hydroxylation is 2. The number of carbonyl (C=O) groups is 1. The number of ether oxygens (including phenoxy) is 3. The Balaban J connectivity index is 1.75. The van der Waals surface area contributed by atoms with Crippen molar-refractivity contribution in [2.75, 3.05) is 6.61 Å². The summed E-state index contributed by atoms with van der Waals surface area (Å²) in [6, 6.07) is 7.59. The van der Waals surface area contributed by atoms with Crippen LogP contribution in [0, 0.1) is 6.92 Å². The Kier molecular flexibility index (Phi) is 8.21. The predicted octanol–water partition coefficient (Wildman–Crippen LogP) is 2.57. The van der Waals surface area contributed by atoms with E-state index in [2.05, 4.69) is 4.74 Å². The SMILES string of the molecule is Cc1cc(O)c(C(=O)CCc2ccc(OC(F)(F)F)cc2)c(OC2OC(CO)C(F)C(O)C2O)c1. The van der Waals surface area contributed by atoms with E-state index >= 15 is 0 Å². The van der Waals surface area contributed by atoms with E-state index in [0.717, 1.165) is 12.1 Å². The third kappa shape index (κ3) is 6.60. The Morgan fingerprint density at radius 2 is 1.77 bits per heavy atom. The number of aliphatic hydroxyl groups excluding tert-OH is 3. The van der Waals surface area contributed by atoms with Crippen LogP contribution in [0.1, 0.15) is 27.9 Å². The second-order valence-corrected chi connectivity index (χ2v) is 8.04. The number of aromatic hydroxyl groups is 1. The number of phenolic OH excluding ortho intramolecular Hbond substituents is 1. The van der Waals surface area contributed by atoms with Gasteiger partial charge < -0.3 is 34.6 Å². The minimum atomic E-state index is -4.83. The molecule has 1 heterocycles. The van der Waals surface area contributed by atoms with Gasteiger partial charge in [0, 0.05) is 6.42 Å². The molecule has 8 nitrogen and oxygen atoms in total. The predicted molar refractivity (Wildman–Crippen MR) is 112 cm³/mol. The molecule has 0 aromatic heterocycles. The molecule has 1 saturated heterocycles. The minimum absolute atomic E-state index is 0.106. The van der Waals surface area contributed by atoms with Crippen molar-refractivity contribution in [3.8, 4) is 17.2 Å². The van der Waals surface area contributed by atoms with Gasteiger partial charge in [-0.3, -0.25) is 4.79 Å². The van der Waals surface area contributed by atoms with Gasteiger partial charge in [0.1, 0.15) is 41.1 Å². The lowest BCUT2D eigenvalue weighted by molar-refractivity contribution is -0.274. The second kappa shape index (κ2) is 10.8. The quantitative estimate of drug-likeness (QED) is 0.319. The first-order chi connectivity index (χ1) is 16.4. The third-order valence-electron chi connectivity index (χ3n) is 5.34. The van der Waals surface area contributed by atoms with Crippen LogP contribution in [0.3, 0.4) is 0 Å². The molecular formula is C23H24F4O8. The van der Waals surface area contributed by atoms with Crippen LogP contribution in [0.2, 0.25) is 0 Å². The second-order valence-electron chi connectivity index (χ2n) is 8.04. The lowest BCUT2D eigenvalue weighted by Crippen LogP contribution is -2.58. The number of hydrogen-bond donors (Lipinski definition) is 4. The van der Waals surface area contributed by atoms with E-state index in [9.17, 15) is 42.8 Å². The fraction of sp³-hybridized carbons (Fsp3) is 0.435. The van der Waals surface area contributed by atoms with Gasteiger partial charge in [0.25, 0.3) is 0 Å². The number of carbonyl (C=O) groups excluding carboxylic acids is 1. The molecular weight excluding hydrogens is 480 g/mol. The van der Waals surface area contributed by atoms with Gasteiger partial charge in [0.05, 0.1) is 6.61 Å². The van der Waals surface area contributed by atoms with Gasteiger partial charge in [-0.2, -0.15) is 0 Å². The summed E-state index contributed by atoms with van der Waals surface area (Å²) in [4.78, 5) is 12.9. The number of phenols is 1. The third-order valence-corrected chi connectivity index (χ3v) is 5.34. The average molecular weight is 504 g/mol. The number of rotatable bonds is 8. The Hall–Kier alpha value is -2.93. The Morgan fingerprint density at radius 3 is 2.37 bits per heavy atom. The van der Waals surface area contributed by atoms with Crippen molar-refractivity contribution in [1.29, 1.82) is 0 Å². The van der Waals surface area contributed by atoms with Crippen LogP contribution in [0.25, 0.3) is 0 Å². The zero-order valence-corrected chi connectivity index (χ0v) is 18.4. The van der Waals surface area contributed by atoms with E-state index in [1.165, 1.54) is 24.3 Å². The fourth-order valence-electron chi connectivity index (χ4n) is 3.61. The molecule has 2 aromatic rings. The molecule has 0 amide bonds. The highest BCUT2D eigenvalue weighted by molar-refractivity contribution is 6.01. The molecule has 0 radical (unpaired) electrons. The standard InChI is InChI=1S/C23H24F4O8/c1-11-8-15(30)18(14(29)7-4-12-2-5-13(6-3-12)35-23(25,26)27)16(9-11)33-22-21(32)20(31)19(24)17(10-28)34-22/h2-3,5-6,8-9,17,19-22,28,30-32H,4,7,10H2,1H3. The maximum atomic E-state index is 14.0. The number of hydrogen-bond acceptors (Lipinski definition) is 8. The molecule has 3 rings (SSSR count). The monoisotopic (exact) mass is 504 g/mol. The number of halogens is 4. The molecule has 1 fully saturated rings. The van der Waals surface area contributed by atoms with Crippen LogP contribution in [-0.2, 0) is 11.2 Å². The van der Waals surface area contributed by atoms with E-state index in [0.29, 0.717) is 11.1 Å². The van der Waals surface area contributed by atoms with Crippen LogP contribution in [0.4, 0.5) is 17.6 Å². The van der Waals surface area contributed by atoms with Gasteiger partial charge in [0.2, 0.25) is 6.29 Å². The van der Waals surface area contributed by atoms with Crippen molar-refractivity contribution in [3.63, 3.8) is 0 Å². The Labute approximate surface area is 197 Å². The highest BCUT2D eigenvalue weighted by Gasteiger charge is 2.46. The van der Waals surface area contributed by atoms with E-state index in [1.807, 2.05) is 0 Å². The van der Waals surface area contributed by atoms with Crippen LogP contribution in [0.15, 0.2) is 36.4 Å². The summed E-state index contributed by atoms with van der Waals surface area (Å²) in [7, 11) is 0. The number of ketones is 1. The Morgan fingerprint density at radius 1 is 1.11 bits per heavy atom. The lowest BCUT2D eigenvalue weighted by atomic mass is 9.99. The molecule has 0 aliphatic carbocycles. The van der Waals surface area contributed by atoms with Gasteiger partial charge in [-0.05, 0) is 48.7 Å². The van der Waals surface area contributed by atoms with Crippen molar-refractivity contribution in [2.45, 2.75) is 56.9 Å². The van der Waals surface area contributed by atoms with Gasteiger partial charge >= 0.3 is 6.36 Å². The summed E-state index contributed by atoms with van der Waals surface area (Å²) in [5.74, 6) is -1.65. The maximum absolute atomic E-state index is 14.0. The zero-order valence-electron chi connectivity index (χ0n) is 18.4. The highest BCUT2D eigenvalue weighted by Crippen LogP contribution is 2.34. The molecule has 12 heteroatoms. The highest BCUT2D eigenvalue weighted by atomic mass is 19.4. The van der Waals surface area contributed by atoms with Crippen LogP contribution in [-0.4, -0.2) is 70.0 Å². The van der Waals surface area contributed by atoms with Gasteiger partial charge in [0.15, 0.2) is 12.0 Å². The van der Waals surface area contributed by atoms with Crippen molar-refractivity contribution >= 4 is 5.78 Å². The number of aliphatic hydroxyl groups is 3. The van der Waals surface area contributed by atoms with E-state index < -0.39 is 61.0 Å². The van der Waals surface area contributed by atoms with Gasteiger partial charge in [-0.25, -0.2) is 4.39 Å². The molecule has 1 aliphatic heterocycles. The summed E-state index contributed by atoms with van der Waals surface area (Å²) in [6.45, 7) is 0.787. The molecule has 4 N–H and O–H groups in total. The Bertz CT molecular complexity index is 1030. The molecule has 1 aliphatic rings. The zero-order chi connectivity index (χ0) is 25.9. The van der Waals surface area contributed by atoms with Crippen molar-refractivity contribution < 1.29 is 57.0 Å². The summed E-state index contributed by atoms with van der Waals surface area (Å²) >= 11 is 0. The normalized spacial score (nSPS) is 24.7. The van der Waals surface area contributed by atoms with Gasteiger partial charge in [-0.15, -0.1) is 13.2 Å². The fourth-order valence-corrected chi connectivity index (χ4v) is 3.61. The molecule has 0 spiro atoms. The smallest absolute Gasteiger partial charge is 0.507 e. The van der Waals surface area contributed by atoms with Crippen molar-refractivity contribution in [2.24, 2.45) is 0 Å². The molecule has 35 heavy (non-hydrogen) atoms. The van der Waals surface area contributed by atoms with Gasteiger partial charge in [-0.1, -0.05) is 12.1 Å². The van der Waals surface area contributed by atoms with Crippen LogP contribution < -0.4 is 9.47 Å². The van der Waals surface area contributed by atoms with E-state index in [1.54, 1.807) is 6.92 Å². The minimum Gasteiger partial charge on any atom is -0.507 e. The van der Waals surface area contributed by atoms with Crippen molar-refractivity contribution in [3.05, 3.63) is 53.1 Å². The molecule has 0 saturated carbocycles. The molecule has 192 valence electrons. The maximum Gasteiger partial charge on any atom is 0.573 e. The first kappa shape index (κ1) is 26.7. The van der Waals surface area contributed by atoms with Crippen LogP contribution in [0.5, 0.6) is 17.2 Å². The lowest BCUT2D eigenvalue weighted by Gasteiger charge is -2.38. The molecule has 5 unspecified atom stereocenters. The average Bonchev–Trinajstić information content (AvgIpc) is 2.77.